The number of oxazole rings is 1. The van der Waals surface area contributed by atoms with E-state index >= 15 is 0 Å². The Hall–Kier alpha value is -3.08. The summed E-state index contributed by atoms with van der Waals surface area (Å²) in [5.41, 5.74) is 3.75. The zero-order chi connectivity index (χ0) is 24.5. The Labute approximate surface area is 198 Å². The van der Waals surface area contributed by atoms with Crippen LogP contribution in [-0.2, 0) is 9.84 Å². The van der Waals surface area contributed by atoms with E-state index in [1.807, 2.05) is 19.1 Å². The van der Waals surface area contributed by atoms with E-state index in [1.165, 1.54) is 36.4 Å². The molecule has 1 heterocycles. The summed E-state index contributed by atoms with van der Waals surface area (Å²) in [4.78, 5) is 4.32. The zero-order valence-electron chi connectivity index (χ0n) is 17.8. The molecule has 0 aliphatic carbocycles. The Morgan fingerprint density at radius 2 is 1.56 bits per heavy atom. The topological polar surface area (TPSA) is 86.2 Å². The van der Waals surface area contributed by atoms with Gasteiger partial charge in [-0.3, -0.25) is 0 Å². The Kier molecular flexibility index (Phi) is 6.57. The lowest BCUT2D eigenvalue weighted by Gasteiger charge is -2.12. The molecule has 0 bridgehead atoms. The molecule has 5 nitrogen and oxygen atoms in total. The van der Waals surface area contributed by atoms with E-state index in [-0.39, 0.29) is 38.2 Å². The third kappa shape index (κ3) is 5.03. The molecule has 4 aromatic rings. The largest absolute Gasteiger partial charge is 0.446 e. The van der Waals surface area contributed by atoms with E-state index < -0.39 is 21.4 Å². The van der Waals surface area contributed by atoms with Crippen LogP contribution in [0.4, 0.5) is 13.2 Å². The van der Waals surface area contributed by atoms with Crippen LogP contribution in [0.25, 0.3) is 11.5 Å². The fourth-order valence-corrected chi connectivity index (χ4v) is 5.29. The van der Waals surface area contributed by atoms with Gasteiger partial charge in [0.2, 0.25) is 20.8 Å². The minimum Gasteiger partial charge on any atom is -0.438 e. The molecule has 0 amide bonds. The Morgan fingerprint density at radius 3 is 2.18 bits per heavy atom. The highest BCUT2D eigenvalue weighted by atomic mass is 32.2. The van der Waals surface area contributed by atoms with Gasteiger partial charge in [0.15, 0.2) is 5.76 Å². The summed E-state index contributed by atoms with van der Waals surface area (Å²) >= 11 is -0.248. The second-order valence-electron chi connectivity index (χ2n) is 7.41. The van der Waals surface area contributed by atoms with Gasteiger partial charge < -0.3 is 10.2 Å². The van der Waals surface area contributed by atoms with Crippen molar-refractivity contribution < 1.29 is 26.0 Å². The molecule has 34 heavy (non-hydrogen) atoms. The third-order valence-corrected chi connectivity index (χ3v) is 7.49. The number of alkyl halides is 3. The van der Waals surface area contributed by atoms with Crippen molar-refractivity contribution in [2.75, 3.05) is 0 Å². The van der Waals surface area contributed by atoms with E-state index in [4.69, 9.17) is 10.2 Å². The molecule has 1 unspecified atom stereocenters. The molecule has 4 rings (SSSR count). The molecule has 10 heteroatoms. The molecule has 0 aliphatic rings. The highest BCUT2D eigenvalue weighted by molar-refractivity contribution is 8.00. The molecule has 0 saturated carbocycles. The van der Waals surface area contributed by atoms with Gasteiger partial charge in [0.25, 0.3) is 0 Å². The van der Waals surface area contributed by atoms with Crippen molar-refractivity contribution in [1.82, 2.24) is 4.98 Å². The summed E-state index contributed by atoms with van der Waals surface area (Å²) in [6.45, 7) is 1.83. The normalized spacial score (nSPS) is 13.1. The smallest absolute Gasteiger partial charge is 0.438 e. The number of aromatic nitrogens is 1. The number of rotatable bonds is 6. The first kappa shape index (κ1) is 24.1. The monoisotopic (exact) mass is 504 g/mol. The SMILES string of the molecule is Cc1ccccc1-c1nc(S(=O)(=O)c2ccccc2)c(C(N)c2ccc(SC(F)(F)F)cc2)o1. The molecule has 0 saturated heterocycles. The molecule has 0 spiro atoms. The maximum absolute atomic E-state index is 13.4. The van der Waals surface area contributed by atoms with E-state index in [0.29, 0.717) is 11.1 Å². The van der Waals surface area contributed by atoms with Crippen molar-refractivity contribution in [2.45, 2.75) is 33.3 Å². The van der Waals surface area contributed by atoms with Gasteiger partial charge in [-0.15, -0.1) is 0 Å². The summed E-state index contributed by atoms with van der Waals surface area (Å²) in [7, 11) is -4.09. The number of thioether (sulfide) groups is 1. The van der Waals surface area contributed by atoms with Gasteiger partial charge in [0, 0.05) is 10.5 Å². The van der Waals surface area contributed by atoms with Crippen LogP contribution in [0.2, 0.25) is 0 Å². The predicted molar refractivity (Wildman–Crippen MR) is 123 cm³/mol. The molecule has 0 radical (unpaired) electrons. The molecule has 1 aromatic heterocycles. The predicted octanol–water partition coefficient (Wildman–Crippen LogP) is 6.14. The number of sulfone groups is 1. The van der Waals surface area contributed by atoms with Crippen LogP contribution in [0.1, 0.15) is 22.9 Å². The second-order valence-corrected chi connectivity index (χ2v) is 10.4. The summed E-state index contributed by atoms with van der Waals surface area (Å²) in [6.07, 6.45) is 0. The van der Waals surface area contributed by atoms with Crippen molar-refractivity contribution in [2.24, 2.45) is 5.73 Å². The number of nitrogens with two attached hydrogens (primary N) is 1. The lowest BCUT2D eigenvalue weighted by Crippen LogP contribution is -2.15. The van der Waals surface area contributed by atoms with E-state index in [2.05, 4.69) is 4.98 Å². The van der Waals surface area contributed by atoms with Crippen LogP contribution in [0.3, 0.4) is 0 Å². The lowest BCUT2D eigenvalue weighted by atomic mass is 10.1. The average molecular weight is 505 g/mol. The molecule has 1 atom stereocenters. The zero-order valence-corrected chi connectivity index (χ0v) is 19.4. The molecular weight excluding hydrogens is 485 g/mol. The molecular formula is C24H19F3N2O3S2. The van der Waals surface area contributed by atoms with Gasteiger partial charge in [-0.25, -0.2) is 8.42 Å². The summed E-state index contributed by atoms with van der Waals surface area (Å²) in [6, 6.07) is 19.2. The quantitative estimate of drug-likeness (QED) is 0.317. The van der Waals surface area contributed by atoms with Crippen LogP contribution in [-0.4, -0.2) is 18.9 Å². The Balaban J connectivity index is 1.82. The van der Waals surface area contributed by atoms with Crippen molar-refractivity contribution in [3.05, 3.63) is 95.7 Å². The fourth-order valence-electron chi connectivity index (χ4n) is 3.37. The van der Waals surface area contributed by atoms with E-state index in [9.17, 15) is 21.6 Å². The molecule has 3 aromatic carbocycles. The molecule has 176 valence electrons. The standard InChI is InChI=1S/C24H19F3N2O3S2/c1-15-7-5-6-10-19(15)22-29-23(34(30,31)18-8-3-2-4-9-18)21(32-22)20(28)16-11-13-17(14-12-16)33-24(25,26)27/h2-14,20H,28H2,1H3. The summed E-state index contributed by atoms with van der Waals surface area (Å²) < 4.78 is 70.7. The number of halogens is 3. The second kappa shape index (κ2) is 9.28. The van der Waals surface area contributed by atoms with Crippen LogP contribution in [0.15, 0.2) is 98.1 Å². The Bertz CT molecular complexity index is 1400. The highest BCUT2D eigenvalue weighted by Gasteiger charge is 2.33. The van der Waals surface area contributed by atoms with Crippen molar-refractivity contribution in [3.8, 4) is 11.5 Å². The van der Waals surface area contributed by atoms with Crippen molar-refractivity contribution in [3.63, 3.8) is 0 Å². The van der Waals surface area contributed by atoms with Crippen molar-refractivity contribution in [1.29, 1.82) is 0 Å². The van der Waals surface area contributed by atoms with Gasteiger partial charge in [-0.1, -0.05) is 48.5 Å². The minimum absolute atomic E-state index is 0.0150. The van der Waals surface area contributed by atoms with Crippen LogP contribution in [0, 0.1) is 6.92 Å². The number of benzene rings is 3. The van der Waals surface area contributed by atoms with E-state index in [0.717, 1.165) is 5.56 Å². The highest BCUT2D eigenvalue weighted by Crippen LogP contribution is 2.38. The summed E-state index contributed by atoms with van der Waals surface area (Å²) in [5.74, 6) is -0.0133. The lowest BCUT2D eigenvalue weighted by molar-refractivity contribution is -0.0328. The Morgan fingerprint density at radius 1 is 0.941 bits per heavy atom. The van der Waals surface area contributed by atoms with Gasteiger partial charge in [-0.2, -0.15) is 18.2 Å². The summed E-state index contributed by atoms with van der Waals surface area (Å²) in [5, 5.41) is -0.335. The third-order valence-electron chi connectivity index (χ3n) is 5.06. The number of nitrogens with zero attached hydrogens (tertiary/aromatic N) is 1. The molecule has 2 N–H and O–H groups in total. The first-order valence-electron chi connectivity index (χ1n) is 10.0. The first-order valence-corrected chi connectivity index (χ1v) is 12.3. The maximum Gasteiger partial charge on any atom is 0.446 e. The molecule has 0 aliphatic heterocycles. The maximum atomic E-state index is 13.4. The minimum atomic E-state index is -4.42. The average Bonchev–Trinajstić information content (AvgIpc) is 3.25. The molecule has 0 fully saturated rings. The van der Waals surface area contributed by atoms with Crippen LogP contribution in [0.5, 0.6) is 0 Å². The van der Waals surface area contributed by atoms with Gasteiger partial charge >= 0.3 is 5.51 Å². The van der Waals surface area contributed by atoms with Crippen LogP contribution < -0.4 is 5.73 Å². The first-order chi connectivity index (χ1) is 16.1. The number of hydrogen-bond acceptors (Lipinski definition) is 6. The van der Waals surface area contributed by atoms with Gasteiger partial charge in [0.1, 0.15) is 0 Å². The number of aryl methyl sites for hydroxylation is 1. The van der Waals surface area contributed by atoms with Crippen molar-refractivity contribution >= 4 is 21.6 Å². The fraction of sp³-hybridized carbons (Fsp3) is 0.125. The van der Waals surface area contributed by atoms with E-state index in [1.54, 1.807) is 30.3 Å². The van der Waals surface area contributed by atoms with Crippen LogP contribution >= 0.6 is 11.8 Å². The van der Waals surface area contributed by atoms with Gasteiger partial charge in [-0.05, 0) is 60.1 Å². The number of hydrogen-bond donors (Lipinski definition) is 1. The van der Waals surface area contributed by atoms with Gasteiger partial charge in [0.05, 0.1) is 10.9 Å².